The van der Waals surface area contributed by atoms with Crippen LogP contribution in [0.1, 0.15) is 46.8 Å². The standard InChI is InChI=1S/C22H21NS/c1-2-7-15(6-1)16-12-13-20(23-14-16)19-10-5-9-18-17-8-3-4-11-21(17)24-22(18)19/h3-5,8-11,14-15H,1-2,6-7,12-13H2/i12D,13D. The Kier molecular flexibility index (Phi) is 3.03. The highest BCUT2D eigenvalue weighted by Crippen LogP contribution is 2.38. The van der Waals surface area contributed by atoms with Crippen LogP contribution >= 0.6 is 11.3 Å². The van der Waals surface area contributed by atoms with E-state index in [1.165, 1.54) is 33.0 Å². The summed E-state index contributed by atoms with van der Waals surface area (Å²) in [5.74, 6) is 0.468. The van der Waals surface area contributed by atoms with Gasteiger partial charge in [0.15, 0.2) is 0 Å². The molecule has 24 heavy (non-hydrogen) atoms. The lowest BCUT2D eigenvalue weighted by molar-refractivity contribution is 0.609. The van der Waals surface area contributed by atoms with Crippen molar-refractivity contribution in [3.05, 3.63) is 59.8 Å². The summed E-state index contributed by atoms with van der Waals surface area (Å²) in [6.45, 7) is 0. The van der Waals surface area contributed by atoms with Gasteiger partial charge in [-0.2, -0.15) is 0 Å². The first-order chi connectivity index (χ1) is 12.7. The Bertz CT molecular complexity index is 1040. The second kappa shape index (κ2) is 5.86. The Hall–Kier alpha value is -1.93. The van der Waals surface area contributed by atoms with Gasteiger partial charge in [0.1, 0.15) is 0 Å². The normalized spacial score (nSPS) is 26.3. The van der Waals surface area contributed by atoms with Gasteiger partial charge in [0.25, 0.3) is 0 Å². The zero-order chi connectivity index (χ0) is 17.7. The van der Waals surface area contributed by atoms with Crippen LogP contribution in [0, 0.1) is 5.92 Å². The molecule has 2 unspecified atom stereocenters. The van der Waals surface area contributed by atoms with E-state index in [1.807, 2.05) is 6.20 Å². The number of allylic oxidation sites excluding steroid dienone is 1. The molecule has 0 N–H and O–H groups in total. The van der Waals surface area contributed by atoms with Crippen LogP contribution in [0.4, 0.5) is 0 Å². The van der Waals surface area contributed by atoms with Gasteiger partial charge in [-0.1, -0.05) is 49.2 Å². The maximum Gasteiger partial charge on any atom is 0.0493 e. The van der Waals surface area contributed by atoms with Crippen molar-refractivity contribution in [2.75, 3.05) is 0 Å². The van der Waals surface area contributed by atoms with E-state index in [9.17, 15) is 0 Å². The van der Waals surface area contributed by atoms with Gasteiger partial charge in [-0.15, -0.1) is 11.3 Å². The van der Waals surface area contributed by atoms with Crippen LogP contribution in [0.3, 0.4) is 0 Å². The van der Waals surface area contributed by atoms with Crippen LogP contribution in [-0.2, 0) is 0 Å². The topological polar surface area (TPSA) is 12.4 Å². The van der Waals surface area contributed by atoms with Crippen LogP contribution in [-0.4, -0.2) is 5.71 Å². The Morgan fingerprint density at radius 1 is 0.958 bits per heavy atom. The third kappa shape index (κ3) is 2.32. The summed E-state index contributed by atoms with van der Waals surface area (Å²) in [6, 6.07) is 14.7. The molecule has 1 fully saturated rings. The van der Waals surface area contributed by atoms with E-state index in [0.717, 1.165) is 29.7 Å². The van der Waals surface area contributed by atoms with Crippen LogP contribution in [0.25, 0.3) is 20.2 Å². The summed E-state index contributed by atoms with van der Waals surface area (Å²) >= 11 is 1.77. The fourth-order valence-electron chi connectivity index (χ4n) is 4.01. The van der Waals surface area contributed by atoms with Gasteiger partial charge in [-0.25, -0.2) is 0 Å². The molecule has 2 heterocycles. The van der Waals surface area contributed by atoms with Gasteiger partial charge in [0.2, 0.25) is 0 Å². The molecule has 1 aliphatic carbocycles. The highest BCUT2D eigenvalue weighted by atomic mass is 32.1. The molecule has 2 heteroatoms. The number of benzene rings is 2. The Balaban J connectivity index is 1.65. The quantitative estimate of drug-likeness (QED) is 0.494. The minimum Gasteiger partial charge on any atom is -0.261 e. The van der Waals surface area contributed by atoms with Gasteiger partial charge in [0, 0.05) is 40.4 Å². The lowest BCUT2D eigenvalue weighted by Gasteiger charge is -2.19. The molecule has 1 nitrogen and oxygen atoms in total. The molecule has 1 aliphatic heterocycles. The number of fused-ring (bicyclic) bond motifs is 3. The Labute approximate surface area is 149 Å². The molecular formula is C22H21NS. The summed E-state index contributed by atoms with van der Waals surface area (Å²) in [5, 5.41) is 2.49. The minimum atomic E-state index is -0.605. The molecule has 0 radical (unpaired) electrons. The molecular weight excluding hydrogens is 310 g/mol. The molecule has 2 atom stereocenters. The lowest BCUT2D eigenvalue weighted by Crippen LogP contribution is -2.09. The lowest BCUT2D eigenvalue weighted by atomic mass is 9.90. The number of aliphatic imine (C=N–C) groups is 1. The van der Waals surface area contributed by atoms with Crippen molar-refractivity contribution in [1.82, 2.24) is 0 Å². The number of nitrogens with zero attached hydrogens (tertiary/aromatic N) is 1. The summed E-state index contributed by atoms with van der Waals surface area (Å²) in [5.41, 5.74) is 2.86. The Morgan fingerprint density at radius 2 is 1.79 bits per heavy atom. The summed E-state index contributed by atoms with van der Waals surface area (Å²) in [7, 11) is 0. The van der Waals surface area contributed by atoms with Crippen LogP contribution in [0.5, 0.6) is 0 Å². The van der Waals surface area contributed by atoms with Crippen LogP contribution in [0.15, 0.2) is 59.2 Å². The smallest absolute Gasteiger partial charge is 0.0493 e. The van der Waals surface area contributed by atoms with Gasteiger partial charge < -0.3 is 0 Å². The summed E-state index contributed by atoms with van der Waals surface area (Å²) in [4.78, 5) is 4.73. The third-order valence-corrected chi connectivity index (χ3v) is 6.51. The second-order valence-corrected chi connectivity index (χ2v) is 7.79. The van der Waals surface area contributed by atoms with Gasteiger partial charge in [-0.3, -0.25) is 4.99 Å². The van der Waals surface area contributed by atoms with Crippen LogP contribution < -0.4 is 0 Å². The first kappa shape index (κ1) is 12.4. The predicted molar refractivity (Wildman–Crippen MR) is 105 cm³/mol. The fraction of sp³-hybridized carbons (Fsp3) is 0.318. The van der Waals surface area contributed by atoms with Crippen molar-refractivity contribution in [1.29, 1.82) is 0 Å². The zero-order valence-corrected chi connectivity index (χ0v) is 14.4. The van der Waals surface area contributed by atoms with Gasteiger partial charge >= 0.3 is 0 Å². The minimum absolute atomic E-state index is 0.468. The first-order valence-electron chi connectivity index (χ1n) is 9.92. The van der Waals surface area contributed by atoms with E-state index in [2.05, 4.69) is 42.5 Å². The van der Waals surface area contributed by atoms with Crippen molar-refractivity contribution < 1.29 is 2.74 Å². The van der Waals surface area contributed by atoms with E-state index in [0.29, 0.717) is 5.92 Å². The van der Waals surface area contributed by atoms with Crippen molar-refractivity contribution in [3.8, 4) is 0 Å². The maximum atomic E-state index is 8.72. The monoisotopic (exact) mass is 333 g/mol. The summed E-state index contributed by atoms with van der Waals surface area (Å²) < 4.78 is 19.8. The van der Waals surface area contributed by atoms with Crippen molar-refractivity contribution in [2.45, 2.75) is 38.5 Å². The molecule has 5 rings (SSSR count). The average Bonchev–Trinajstić information content (AvgIpc) is 3.31. The molecule has 0 saturated heterocycles. The molecule has 2 aromatic carbocycles. The SMILES string of the molecule is [2H]C1C(C2CCCC2)=CN=C(c2cccc3c2sc2ccccc23)C1[2H]. The fourth-order valence-corrected chi connectivity index (χ4v) is 5.24. The van der Waals surface area contributed by atoms with Crippen molar-refractivity contribution >= 4 is 37.2 Å². The van der Waals surface area contributed by atoms with Gasteiger partial charge in [-0.05, 0) is 43.2 Å². The molecule has 1 aromatic heterocycles. The molecule has 120 valence electrons. The Morgan fingerprint density at radius 3 is 2.71 bits per heavy atom. The molecule has 3 aromatic rings. The maximum absolute atomic E-state index is 8.72. The summed E-state index contributed by atoms with van der Waals surface area (Å²) in [6.07, 6.45) is 5.63. The number of hydrogen-bond acceptors (Lipinski definition) is 2. The average molecular weight is 333 g/mol. The largest absolute Gasteiger partial charge is 0.261 e. The van der Waals surface area contributed by atoms with E-state index >= 15 is 0 Å². The highest BCUT2D eigenvalue weighted by Gasteiger charge is 2.22. The van der Waals surface area contributed by atoms with Crippen molar-refractivity contribution in [3.63, 3.8) is 0 Å². The third-order valence-electron chi connectivity index (χ3n) is 5.29. The number of thiophene rings is 1. The zero-order valence-electron chi connectivity index (χ0n) is 15.5. The van der Waals surface area contributed by atoms with E-state index < -0.39 is 12.8 Å². The first-order valence-corrected chi connectivity index (χ1v) is 9.58. The molecule has 2 aliphatic rings. The molecule has 1 saturated carbocycles. The van der Waals surface area contributed by atoms with Gasteiger partial charge in [0.05, 0.1) is 0 Å². The number of rotatable bonds is 2. The molecule has 0 spiro atoms. The van der Waals surface area contributed by atoms with E-state index in [-0.39, 0.29) is 0 Å². The molecule has 0 amide bonds. The molecule has 0 bridgehead atoms. The van der Waals surface area contributed by atoms with Crippen LogP contribution in [0.2, 0.25) is 0 Å². The highest BCUT2D eigenvalue weighted by molar-refractivity contribution is 7.26. The van der Waals surface area contributed by atoms with E-state index in [1.54, 1.807) is 11.3 Å². The van der Waals surface area contributed by atoms with Crippen molar-refractivity contribution in [2.24, 2.45) is 10.9 Å². The second-order valence-electron chi connectivity index (χ2n) is 6.74. The number of hydrogen-bond donors (Lipinski definition) is 0. The predicted octanol–water partition coefficient (Wildman–Crippen LogP) is 6.71. The van der Waals surface area contributed by atoms with E-state index in [4.69, 9.17) is 7.73 Å².